The van der Waals surface area contributed by atoms with Crippen LogP contribution in [0.2, 0.25) is 0 Å². The van der Waals surface area contributed by atoms with Gasteiger partial charge < -0.3 is 5.11 Å². The second kappa shape index (κ2) is 7.28. The predicted octanol–water partition coefficient (Wildman–Crippen LogP) is 5.11. The van der Waals surface area contributed by atoms with Crippen molar-refractivity contribution in [2.24, 2.45) is 0 Å². The Labute approximate surface area is 122 Å². The molecule has 0 aliphatic heterocycles. The fourth-order valence-electron chi connectivity index (χ4n) is 2.58. The first-order valence-electron chi connectivity index (χ1n) is 7.42. The van der Waals surface area contributed by atoms with Gasteiger partial charge in [-0.15, -0.1) is 6.58 Å². The number of unbranched alkanes of at least 4 members (excludes halogenated alkanes) is 3. The molecule has 1 N–H and O–H groups in total. The molecule has 0 saturated carbocycles. The van der Waals surface area contributed by atoms with E-state index in [1.54, 1.807) is 6.07 Å². The maximum atomic E-state index is 11.4. The molecule has 1 atom stereocenters. The molecule has 0 bridgehead atoms. The van der Waals surface area contributed by atoms with E-state index in [4.69, 9.17) is 0 Å². The molecule has 0 fully saturated rings. The maximum absolute atomic E-state index is 11.4. The highest BCUT2D eigenvalue weighted by Gasteiger charge is 2.27. The lowest BCUT2D eigenvalue weighted by molar-refractivity contribution is 0.0694. The van der Waals surface area contributed by atoms with Gasteiger partial charge in [-0.3, -0.25) is 0 Å². The van der Waals surface area contributed by atoms with Crippen molar-refractivity contribution in [1.29, 1.82) is 0 Å². The SMILES string of the molecule is C=CC(C)(CCCCCC)c1cc(C)ccc1C(=O)O. The molecule has 0 aromatic heterocycles. The normalized spacial score (nSPS) is 13.8. The van der Waals surface area contributed by atoms with Crippen LogP contribution in [0.15, 0.2) is 30.9 Å². The van der Waals surface area contributed by atoms with E-state index in [2.05, 4.69) is 20.4 Å². The first kappa shape index (κ1) is 16.5. The highest BCUT2D eigenvalue weighted by Crippen LogP contribution is 2.34. The summed E-state index contributed by atoms with van der Waals surface area (Å²) in [4.78, 5) is 11.4. The fourth-order valence-corrected chi connectivity index (χ4v) is 2.58. The molecule has 0 radical (unpaired) electrons. The van der Waals surface area contributed by atoms with Crippen molar-refractivity contribution < 1.29 is 9.90 Å². The van der Waals surface area contributed by atoms with E-state index in [9.17, 15) is 9.90 Å². The molecule has 0 aliphatic carbocycles. The molecule has 2 nitrogen and oxygen atoms in total. The van der Waals surface area contributed by atoms with Crippen LogP contribution < -0.4 is 0 Å². The Balaban J connectivity index is 3.06. The van der Waals surface area contributed by atoms with Crippen molar-refractivity contribution in [1.82, 2.24) is 0 Å². The van der Waals surface area contributed by atoms with Gasteiger partial charge in [0.25, 0.3) is 0 Å². The summed E-state index contributed by atoms with van der Waals surface area (Å²) < 4.78 is 0. The maximum Gasteiger partial charge on any atom is 0.335 e. The number of aryl methyl sites for hydroxylation is 1. The van der Waals surface area contributed by atoms with Crippen molar-refractivity contribution in [3.63, 3.8) is 0 Å². The summed E-state index contributed by atoms with van der Waals surface area (Å²) in [5.41, 5.74) is 2.10. The van der Waals surface area contributed by atoms with Crippen molar-refractivity contribution in [2.75, 3.05) is 0 Å². The third-order valence-corrected chi connectivity index (χ3v) is 4.02. The summed E-state index contributed by atoms with van der Waals surface area (Å²) in [5.74, 6) is -0.860. The molecular formula is C18H26O2. The Morgan fingerprint density at radius 2 is 2.05 bits per heavy atom. The van der Waals surface area contributed by atoms with Crippen LogP contribution in [-0.4, -0.2) is 11.1 Å². The third kappa shape index (κ3) is 3.96. The Morgan fingerprint density at radius 1 is 1.35 bits per heavy atom. The van der Waals surface area contributed by atoms with E-state index in [0.29, 0.717) is 5.56 Å². The van der Waals surface area contributed by atoms with Crippen LogP contribution in [0.25, 0.3) is 0 Å². The van der Waals surface area contributed by atoms with Gasteiger partial charge in [0.05, 0.1) is 5.56 Å². The van der Waals surface area contributed by atoms with Crippen molar-refractivity contribution >= 4 is 5.97 Å². The van der Waals surface area contributed by atoms with Crippen LogP contribution in [0.5, 0.6) is 0 Å². The molecule has 1 aromatic carbocycles. The van der Waals surface area contributed by atoms with E-state index in [-0.39, 0.29) is 5.41 Å². The first-order valence-corrected chi connectivity index (χ1v) is 7.42. The molecule has 0 aliphatic rings. The second-order valence-corrected chi connectivity index (χ2v) is 5.79. The topological polar surface area (TPSA) is 37.3 Å². The average Bonchev–Trinajstić information content (AvgIpc) is 2.43. The highest BCUT2D eigenvalue weighted by atomic mass is 16.4. The fraction of sp³-hybridized carbons (Fsp3) is 0.500. The number of hydrogen-bond donors (Lipinski definition) is 1. The van der Waals surface area contributed by atoms with E-state index < -0.39 is 5.97 Å². The quantitative estimate of drug-likeness (QED) is 0.528. The molecule has 0 saturated heterocycles. The van der Waals surface area contributed by atoms with Crippen LogP contribution in [0, 0.1) is 6.92 Å². The largest absolute Gasteiger partial charge is 0.478 e. The van der Waals surface area contributed by atoms with E-state index in [1.807, 2.05) is 25.1 Å². The van der Waals surface area contributed by atoms with Crippen LogP contribution >= 0.6 is 0 Å². The molecule has 1 unspecified atom stereocenters. The molecule has 1 rings (SSSR count). The van der Waals surface area contributed by atoms with Crippen molar-refractivity contribution in [3.05, 3.63) is 47.5 Å². The Kier molecular flexibility index (Phi) is 6.00. The third-order valence-electron chi connectivity index (χ3n) is 4.02. The molecule has 110 valence electrons. The molecule has 1 aromatic rings. The van der Waals surface area contributed by atoms with Gasteiger partial charge in [0.1, 0.15) is 0 Å². The molecule has 2 heteroatoms. The van der Waals surface area contributed by atoms with Gasteiger partial charge in [-0.1, -0.05) is 63.3 Å². The predicted molar refractivity (Wildman–Crippen MR) is 84.4 cm³/mol. The minimum absolute atomic E-state index is 0.270. The first-order chi connectivity index (χ1) is 9.44. The molecule has 0 spiro atoms. The van der Waals surface area contributed by atoms with Crippen molar-refractivity contribution in [2.45, 2.75) is 58.3 Å². The number of aromatic carboxylic acids is 1. The van der Waals surface area contributed by atoms with E-state index in [0.717, 1.165) is 24.0 Å². The summed E-state index contributed by atoms with van der Waals surface area (Å²) in [6.07, 6.45) is 7.57. The lowest BCUT2D eigenvalue weighted by atomic mass is 9.75. The number of carbonyl (C=O) groups is 1. The van der Waals surface area contributed by atoms with Crippen LogP contribution in [-0.2, 0) is 5.41 Å². The smallest absolute Gasteiger partial charge is 0.335 e. The molecule has 20 heavy (non-hydrogen) atoms. The summed E-state index contributed by atoms with van der Waals surface area (Å²) >= 11 is 0. The van der Waals surface area contributed by atoms with Gasteiger partial charge >= 0.3 is 5.97 Å². The van der Waals surface area contributed by atoms with E-state index in [1.165, 1.54) is 19.3 Å². The van der Waals surface area contributed by atoms with Gasteiger partial charge in [-0.2, -0.15) is 0 Å². The number of allylic oxidation sites excluding steroid dienone is 1. The van der Waals surface area contributed by atoms with Crippen molar-refractivity contribution in [3.8, 4) is 0 Å². The van der Waals surface area contributed by atoms with Crippen LogP contribution in [0.1, 0.15) is 67.4 Å². The minimum Gasteiger partial charge on any atom is -0.478 e. The minimum atomic E-state index is -0.860. The van der Waals surface area contributed by atoms with Gasteiger partial charge in [-0.05, 0) is 25.0 Å². The van der Waals surface area contributed by atoms with Gasteiger partial charge in [0, 0.05) is 5.41 Å². The molecular weight excluding hydrogens is 248 g/mol. The van der Waals surface area contributed by atoms with Crippen LogP contribution in [0.4, 0.5) is 0 Å². The highest BCUT2D eigenvalue weighted by molar-refractivity contribution is 5.90. The number of benzene rings is 1. The summed E-state index contributed by atoms with van der Waals surface area (Å²) in [6, 6.07) is 5.55. The Hall–Kier alpha value is -1.57. The van der Waals surface area contributed by atoms with Gasteiger partial charge in [0.2, 0.25) is 0 Å². The number of rotatable bonds is 8. The summed E-state index contributed by atoms with van der Waals surface area (Å²) in [6.45, 7) is 10.2. The Bertz CT molecular complexity index is 476. The zero-order chi connectivity index (χ0) is 15.2. The number of carboxylic acids is 1. The standard InChI is InChI=1S/C18H26O2/c1-5-7-8-9-12-18(4,6-2)16-13-14(3)10-11-15(16)17(19)20/h6,10-11,13H,2,5,7-9,12H2,1,3-4H3,(H,19,20). The molecule has 0 heterocycles. The van der Waals surface area contributed by atoms with Gasteiger partial charge in [0.15, 0.2) is 0 Å². The molecule has 0 amide bonds. The lowest BCUT2D eigenvalue weighted by Gasteiger charge is -2.28. The summed E-state index contributed by atoms with van der Waals surface area (Å²) in [7, 11) is 0. The van der Waals surface area contributed by atoms with E-state index >= 15 is 0 Å². The zero-order valence-corrected chi connectivity index (χ0v) is 12.9. The van der Waals surface area contributed by atoms with Gasteiger partial charge in [-0.25, -0.2) is 4.79 Å². The monoisotopic (exact) mass is 274 g/mol. The number of carboxylic acid groups (broad SMARTS) is 1. The summed E-state index contributed by atoms with van der Waals surface area (Å²) in [5, 5.41) is 9.39. The average molecular weight is 274 g/mol. The number of hydrogen-bond acceptors (Lipinski definition) is 1. The zero-order valence-electron chi connectivity index (χ0n) is 12.9. The van der Waals surface area contributed by atoms with Crippen LogP contribution in [0.3, 0.4) is 0 Å². The second-order valence-electron chi connectivity index (χ2n) is 5.79. The lowest BCUT2D eigenvalue weighted by Crippen LogP contribution is -2.22. The Morgan fingerprint density at radius 3 is 2.60 bits per heavy atom.